The van der Waals surface area contributed by atoms with E-state index in [4.69, 9.17) is 4.43 Å². The summed E-state index contributed by atoms with van der Waals surface area (Å²) in [4.78, 5) is 0. The Morgan fingerprint density at radius 2 is 1.90 bits per heavy atom. The molecule has 0 amide bonds. The molecule has 0 saturated heterocycles. The van der Waals surface area contributed by atoms with Crippen molar-refractivity contribution < 1.29 is 4.43 Å². The lowest BCUT2D eigenvalue weighted by molar-refractivity contribution is 0.322. The third-order valence-corrected chi connectivity index (χ3v) is 3.11. The molecule has 0 fully saturated rings. The van der Waals surface area contributed by atoms with Crippen molar-refractivity contribution in [1.29, 1.82) is 0 Å². The molecule has 0 heterocycles. The number of hydrogen-bond donors (Lipinski definition) is 0. The fourth-order valence-electron chi connectivity index (χ4n) is 0.803. The van der Waals surface area contributed by atoms with Crippen molar-refractivity contribution in [3.63, 3.8) is 0 Å². The Balaban J connectivity index is 2.65. The fraction of sp³-hybridized carbons (Fsp3) is 1.00. The zero-order valence-corrected chi connectivity index (χ0v) is 8.77. The lowest BCUT2D eigenvalue weighted by atomic mass is 10.3. The minimum atomic E-state index is -0.117. The van der Waals surface area contributed by atoms with E-state index in [0.717, 1.165) is 6.61 Å². The summed E-state index contributed by atoms with van der Waals surface area (Å²) in [6, 6.07) is 1.35. The van der Waals surface area contributed by atoms with Gasteiger partial charge in [-0.25, -0.2) is 0 Å². The van der Waals surface area contributed by atoms with Crippen LogP contribution in [-0.2, 0) is 4.43 Å². The monoisotopic (exact) mass is 160 g/mol. The van der Waals surface area contributed by atoms with Gasteiger partial charge in [0.05, 0.1) is 0 Å². The van der Waals surface area contributed by atoms with Crippen molar-refractivity contribution in [2.45, 2.75) is 45.6 Å². The summed E-state index contributed by atoms with van der Waals surface area (Å²) in [6.45, 7) is 5.48. The first-order chi connectivity index (χ1) is 4.91. The largest absolute Gasteiger partial charge is 0.424 e. The zero-order chi connectivity index (χ0) is 7.66. The highest BCUT2D eigenvalue weighted by atomic mass is 28.2. The summed E-state index contributed by atoms with van der Waals surface area (Å²) in [5, 5.41) is 0. The van der Waals surface area contributed by atoms with Crippen LogP contribution < -0.4 is 0 Å². The van der Waals surface area contributed by atoms with Gasteiger partial charge in [-0.3, -0.25) is 0 Å². The molecule has 0 rings (SSSR count). The van der Waals surface area contributed by atoms with E-state index in [1.807, 2.05) is 0 Å². The molecule has 0 atom stereocenters. The van der Waals surface area contributed by atoms with Crippen molar-refractivity contribution >= 4 is 9.76 Å². The molecule has 1 nitrogen and oxygen atoms in total. The molecule has 2 heteroatoms. The Labute approximate surface area is 67.1 Å². The number of hydrogen-bond acceptors (Lipinski definition) is 1. The lowest BCUT2D eigenvalue weighted by Crippen LogP contribution is -1.99. The number of unbranched alkanes of at least 4 members (excludes halogenated alkanes) is 2. The van der Waals surface area contributed by atoms with E-state index in [-0.39, 0.29) is 9.76 Å². The Morgan fingerprint density at radius 1 is 1.10 bits per heavy atom. The van der Waals surface area contributed by atoms with Crippen LogP contribution in [0.1, 0.15) is 39.5 Å². The van der Waals surface area contributed by atoms with Gasteiger partial charge in [-0.2, -0.15) is 0 Å². The fourth-order valence-corrected chi connectivity index (χ4v) is 1.70. The summed E-state index contributed by atoms with van der Waals surface area (Å²) >= 11 is 0. The van der Waals surface area contributed by atoms with E-state index in [1.165, 1.54) is 31.7 Å². The SMILES string of the molecule is CCCCCO[SiH2]CCC. The van der Waals surface area contributed by atoms with Gasteiger partial charge >= 0.3 is 0 Å². The highest BCUT2D eigenvalue weighted by Gasteiger charge is 1.87. The van der Waals surface area contributed by atoms with E-state index in [0.29, 0.717) is 0 Å². The van der Waals surface area contributed by atoms with Crippen LogP contribution in [0, 0.1) is 0 Å². The summed E-state index contributed by atoms with van der Waals surface area (Å²) in [5.74, 6) is 0. The second-order valence-electron chi connectivity index (χ2n) is 2.67. The predicted molar refractivity (Wildman–Crippen MR) is 49.1 cm³/mol. The molecule has 0 aliphatic heterocycles. The molecule has 0 bridgehead atoms. The van der Waals surface area contributed by atoms with Crippen molar-refractivity contribution in [3.8, 4) is 0 Å². The van der Waals surface area contributed by atoms with Gasteiger partial charge in [0, 0.05) is 6.61 Å². The van der Waals surface area contributed by atoms with Gasteiger partial charge in [0.2, 0.25) is 0 Å². The molecule has 0 aliphatic rings. The zero-order valence-electron chi connectivity index (χ0n) is 7.36. The molecular weight excluding hydrogens is 140 g/mol. The third-order valence-electron chi connectivity index (χ3n) is 1.53. The van der Waals surface area contributed by atoms with Gasteiger partial charge in [-0.05, 0) is 12.5 Å². The van der Waals surface area contributed by atoms with E-state index < -0.39 is 0 Å². The van der Waals surface area contributed by atoms with Crippen molar-refractivity contribution in [2.24, 2.45) is 0 Å². The molecule has 0 aromatic carbocycles. The normalized spacial score (nSPS) is 11.4. The molecule has 0 aromatic heterocycles. The molecule has 0 unspecified atom stereocenters. The highest BCUT2D eigenvalue weighted by molar-refractivity contribution is 6.26. The molecule has 0 spiro atoms. The molecule has 10 heavy (non-hydrogen) atoms. The minimum Gasteiger partial charge on any atom is -0.424 e. The quantitative estimate of drug-likeness (QED) is 0.409. The van der Waals surface area contributed by atoms with E-state index >= 15 is 0 Å². The Kier molecular flexibility index (Phi) is 9.34. The smallest absolute Gasteiger partial charge is 0.161 e. The first-order valence-corrected chi connectivity index (χ1v) is 6.07. The Bertz CT molecular complexity index is 49.2. The van der Waals surface area contributed by atoms with Crippen LogP contribution in [0.3, 0.4) is 0 Å². The Morgan fingerprint density at radius 3 is 2.50 bits per heavy atom. The van der Waals surface area contributed by atoms with Gasteiger partial charge in [0.1, 0.15) is 0 Å². The van der Waals surface area contributed by atoms with Gasteiger partial charge in [0.15, 0.2) is 9.76 Å². The van der Waals surface area contributed by atoms with Gasteiger partial charge in [-0.1, -0.05) is 33.1 Å². The summed E-state index contributed by atoms with van der Waals surface area (Å²) in [5.41, 5.74) is 0. The minimum absolute atomic E-state index is 0.117. The van der Waals surface area contributed by atoms with Crippen molar-refractivity contribution in [3.05, 3.63) is 0 Å². The van der Waals surface area contributed by atoms with Crippen LogP contribution in [0.5, 0.6) is 0 Å². The Hall–Kier alpha value is 0.177. The maximum atomic E-state index is 5.52. The lowest BCUT2D eigenvalue weighted by Gasteiger charge is -2.00. The van der Waals surface area contributed by atoms with Crippen LogP contribution >= 0.6 is 0 Å². The molecule has 0 aliphatic carbocycles. The summed E-state index contributed by atoms with van der Waals surface area (Å²) in [6.07, 6.45) is 5.21. The van der Waals surface area contributed by atoms with Crippen LogP contribution in [0.4, 0.5) is 0 Å². The van der Waals surface area contributed by atoms with Gasteiger partial charge in [0.25, 0.3) is 0 Å². The first-order valence-electron chi connectivity index (χ1n) is 4.49. The van der Waals surface area contributed by atoms with Gasteiger partial charge in [-0.15, -0.1) is 0 Å². The molecular formula is C8H20OSi. The van der Waals surface area contributed by atoms with Crippen LogP contribution in [0.25, 0.3) is 0 Å². The average molecular weight is 160 g/mol. The summed E-state index contributed by atoms with van der Waals surface area (Å²) in [7, 11) is -0.117. The summed E-state index contributed by atoms with van der Waals surface area (Å²) < 4.78 is 5.52. The third kappa shape index (κ3) is 8.18. The highest BCUT2D eigenvalue weighted by Crippen LogP contribution is 1.94. The predicted octanol–water partition coefficient (Wildman–Crippen LogP) is 2.11. The van der Waals surface area contributed by atoms with Crippen LogP contribution in [0.15, 0.2) is 0 Å². The second kappa shape index (κ2) is 9.18. The average Bonchev–Trinajstić information content (AvgIpc) is 1.97. The molecule has 0 aromatic rings. The molecule has 0 radical (unpaired) electrons. The van der Waals surface area contributed by atoms with E-state index in [9.17, 15) is 0 Å². The van der Waals surface area contributed by atoms with Crippen molar-refractivity contribution in [2.75, 3.05) is 6.61 Å². The van der Waals surface area contributed by atoms with Crippen LogP contribution in [-0.4, -0.2) is 16.4 Å². The first kappa shape index (κ1) is 10.2. The van der Waals surface area contributed by atoms with Crippen LogP contribution in [0.2, 0.25) is 6.04 Å². The molecule has 0 N–H and O–H groups in total. The van der Waals surface area contributed by atoms with E-state index in [1.54, 1.807) is 0 Å². The number of rotatable bonds is 7. The maximum Gasteiger partial charge on any atom is 0.161 e. The maximum absolute atomic E-state index is 5.52. The molecule has 0 saturated carbocycles. The second-order valence-corrected chi connectivity index (χ2v) is 4.20. The van der Waals surface area contributed by atoms with E-state index in [2.05, 4.69) is 13.8 Å². The molecule has 62 valence electrons. The van der Waals surface area contributed by atoms with Gasteiger partial charge < -0.3 is 4.43 Å². The topological polar surface area (TPSA) is 9.23 Å². The van der Waals surface area contributed by atoms with Crippen molar-refractivity contribution in [1.82, 2.24) is 0 Å². The standard InChI is InChI=1S/C8H20OSi/c1-3-5-6-7-9-10-8-4-2/h3-8,10H2,1-2H3.